The van der Waals surface area contributed by atoms with Crippen molar-refractivity contribution in [1.82, 2.24) is 0 Å². The molecule has 1 atom stereocenters. The van der Waals surface area contributed by atoms with Gasteiger partial charge in [-0.25, -0.2) is 0 Å². The van der Waals surface area contributed by atoms with Crippen molar-refractivity contribution in [2.75, 3.05) is 4.90 Å². The summed E-state index contributed by atoms with van der Waals surface area (Å²) in [7, 11) is 0. The van der Waals surface area contributed by atoms with Gasteiger partial charge in [0.05, 0.1) is 5.69 Å². The first kappa shape index (κ1) is 37.0. The lowest BCUT2D eigenvalue weighted by atomic mass is 9.79. The molecule has 0 radical (unpaired) electrons. The molecule has 13 rings (SSSR count). The number of benzene rings is 8. The molecule has 8 aromatic carbocycles. The fourth-order valence-electron chi connectivity index (χ4n) is 11.2. The Hall–Kier alpha value is -7.62. The lowest BCUT2D eigenvalue weighted by Gasteiger charge is -2.29. The fourth-order valence-corrected chi connectivity index (χ4v) is 11.2. The van der Waals surface area contributed by atoms with Gasteiger partial charge in [-0.05, 0) is 142 Å². The zero-order chi connectivity index (χ0) is 42.5. The molecule has 10 aromatic rings. The molecule has 3 aliphatic rings. The summed E-state index contributed by atoms with van der Waals surface area (Å²) < 4.78 is 12.8. The number of hydrogen-bond donors (Lipinski definition) is 0. The first-order valence-electron chi connectivity index (χ1n) is 22.6. The molecule has 306 valence electrons. The van der Waals surface area contributed by atoms with E-state index in [4.69, 9.17) is 8.83 Å². The summed E-state index contributed by atoms with van der Waals surface area (Å²) in [5.74, 6) is 1.17. The number of aryl methyl sites for hydroxylation is 1. The van der Waals surface area contributed by atoms with E-state index in [1.807, 2.05) is 0 Å². The third-order valence-electron chi connectivity index (χ3n) is 14.3. The zero-order valence-corrected chi connectivity index (χ0v) is 35.9. The minimum absolute atomic E-state index is 0.108. The Labute approximate surface area is 373 Å². The lowest BCUT2D eigenvalue weighted by Crippen LogP contribution is -2.16. The van der Waals surface area contributed by atoms with Crippen LogP contribution in [0.15, 0.2) is 191 Å². The van der Waals surface area contributed by atoms with E-state index in [1.54, 1.807) is 0 Å². The molecule has 1 unspecified atom stereocenters. The second-order valence-corrected chi connectivity index (χ2v) is 18.3. The van der Waals surface area contributed by atoms with Crippen LogP contribution in [-0.4, -0.2) is 0 Å². The monoisotopic (exact) mass is 823 g/mol. The van der Waals surface area contributed by atoms with Crippen LogP contribution in [0.25, 0.3) is 78.4 Å². The van der Waals surface area contributed by atoms with Gasteiger partial charge < -0.3 is 13.7 Å². The number of fused-ring (bicyclic) bond motifs is 10. The van der Waals surface area contributed by atoms with Crippen molar-refractivity contribution >= 4 is 62.1 Å². The highest BCUT2D eigenvalue weighted by Gasteiger charge is 2.37. The van der Waals surface area contributed by atoms with Crippen LogP contribution in [-0.2, 0) is 11.8 Å². The standard InChI is InChI=1S/C61H45NO2/c1-61(2)53-21-8-5-16-48(53)49-20-11-19-47(60(49)61)39-27-32-44(33-28-39)62(43-30-25-38(26-31-43)46-18-12-24-57-59(46)50-17-7-10-23-55(50)63-57)54-22-9-6-15-45(54)42-29-34-56-51(36-42)52-35-40-13-3-4-14-41(40)37-58(52)64-56/h4-12,14-17,19-37,46H,3,13,18H2,1-2H3. The van der Waals surface area contributed by atoms with Crippen LogP contribution in [0.2, 0.25) is 0 Å². The number of furan rings is 2. The zero-order valence-electron chi connectivity index (χ0n) is 35.9. The molecule has 0 spiro atoms. The number of anilines is 3. The lowest BCUT2D eigenvalue weighted by molar-refractivity contribution is 0.589. The van der Waals surface area contributed by atoms with E-state index in [1.165, 1.54) is 66.4 Å². The number of para-hydroxylation sites is 2. The van der Waals surface area contributed by atoms with E-state index in [0.717, 1.165) is 75.3 Å². The van der Waals surface area contributed by atoms with Crippen LogP contribution >= 0.6 is 0 Å². The molecule has 0 amide bonds. The Morgan fingerprint density at radius 3 is 2.11 bits per heavy atom. The van der Waals surface area contributed by atoms with E-state index >= 15 is 0 Å². The van der Waals surface area contributed by atoms with Gasteiger partial charge in [0.1, 0.15) is 22.5 Å². The molecule has 2 heterocycles. The van der Waals surface area contributed by atoms with Gasteiger partial charge >= 0.3 is 0 Å². The topological polar surface area (TPSA) is 29.5 Å². The van der Waals surface area contributed by atoms with Gasteiger partial charge in [-0.1, -0.05) is 141 Å². The van der Waals surface area contributed by atoms with Gasteiger partial charge in [0, 0.05) is 50.0 Å². The van der Waals surface area contributed by atoms with E-state index in [9.17, 15) is 0 Å². The van der Waals surface area contributed by atoms with Crippen LogP contribution in [0.3, 0.4) is 0 Å². The van der Waals surface area contributed by atoms with Crippen molar-refractivity contribution < 1.29 is 8.83 Å². The molecule has 64 heavy (non-hydrogen) atoms. The van der Waals surface area contributed by atoms with Crippen molar-refractivity contribution in [3.63, 3.8) is 0 Å². The molecule has 3 heteroatoms. The van der Waals surface area contributed by atoms with Crippen molar-refractivity contribution in [3.05, 3.63) is 221 Å². The van der Waals surface area contributed by atoms with Gasteiger partial charge in [0.2, 0.25) is 0 Å². The second kappa shape index (κ2) is 14.2. The SMILES string of the molecule is CC1(C)c2ccccc2-c2cccc(-c3ccc(N(c4ccc(C5CC=Cc6oc7ccccc7c65)cc4)c4ccccc4-c4ccc5oc6cc7c(cc6c5c4)CCC=C7)cc3)c21. The summed E-state index contributed by atoms with van der Waals surface area (Å²) in [5.41, 5.74) is 21.5. The summed E-state index contributed by atoms with van der Waals surface area (Å²) in [5, 5.41) is 3.52. The third kappa shape index (κ3) is 5.67. The smallest absolute Gasteiger partial charge is 0.136 e. The molecule has 0 fully saturated rings. The molecule has 3 nitrogen and oxygen atoms in total. The quantitative estimate of drug-likeness (QED) is 0.167. The van der Waals surface area contributed by atoms with E-state index in [2.05, 4.69) is 213 Å². The maximum atomic E-state index is 6.48. The van der Waals surface area contributed by atoms with Crippen molar-refractivity contribution in [3.8, 4) is 33.4 Å². The van der Waals surface area contributed by atoms with Gasteiger partial charge in [-0.3, -0.25) is 0 Å². The summed E-state index contributed by atoms with van der Waals surface area (Å²) >= 11 is 0. The van der Waals surface area contributed by atoms with Crippen LogP contribution in [0.5, 0.6) is 0 Å². The minimum Gasteiger partial charge on any atom is -0.456 e. The third-order valence-corrected chi connectivity index (χ3v) is 14.3. The van der Waals surface area contributed by atoms with Crippen LogP contribution in [0.4, 0.5) is 17.1 Å². The van der Waals surface area contributed by atoms with Crippen LogP contribution in [0, 0.1) is 0 Å². The Kier molecular flexibility index (Phi) is 8.21. The van der Waals surface area contributed by atoms with E-state index in [0.29, 0.717) is 0 Å². The highest BCUT2D eigenvalue weighted by atomic mass is 16.3. The van der Waals surface area contributed by atoms with Gasteiger partial charge in [-0.2, -0.15) is 0 Å². The largest absolute Gasteiger partial charge is 0.456 e. The highest BCUT2D eigenvalue weighted by Crippen LogP contribution is 2.53. The molecule has 3 aliphatic carbocycles. The number of hydrogen-bond acceptors (Lipinski definition) is 3. The minimum atomic E-state index is -0.108. The van der Waals surface area contributed by atoms with Gasteiger partial charge in [-0.15, -0.1) is 0 Å². The molecule has 0 saturated carbocycles. The Balaban J connectivity index is 0.941. The molecular formula is C61H45NO2. The summed E-state index contributed by atoms with van der Waals surface area (Å²) in [6.45, 7) is 4.73. The summed E-state index contributed by atoms with van der Waals surface area (Å²) in [6.07, 6.45) is 11.9. The predicted octanol–water partition coefficient (Wildman–Crippen LogP) is 17.0. The maximum absolute atomic E-state index is 6.48. The van der Waals surface area contributed by atoms with Gasteiger partial charge in [0.15, 0.2) is 0 Å². The predicted molar refractivity (Wildman–Crippen MR) is 266 cm³/mol. The second-order valence-electron chi connectivity index (χ2n) is 18.3. The van der Waals surface area contributed by atoms with E-state index < -0.39 is 0 Å². The van der Waals surface area contributed by atoms with Crippen molar-refractivity contribution in [2.24, 2.45) is 0 Å². The van der Waals surface area contributed by atoms with Crippen LogP contribution in [0.1, 0.15) is 71.7 Å². The average molecular weight is 824 g/mol. The Morgan fingerprint density at radius 2 is 1.23 bits per heavy atom. The van der Waals surface area contributed by atoms with Gasteiger partial charge in [0.25, 0.3) is 0 Å². The fraction of sp³-hybridized carbons (Fsp3) is 0.115. The highest BCUT2D eigenvalue weighted by molar-refractivity contribution is 6.08. The summed E-state index contributed by atoms with van der Waals surface area (Å²) in [6, 6.07) is 62.7. The average Bonchev–Trinajstić information content (AvgIpc) is 3.98. The first-order valence-corrected chi connectivity index (χ1v) is 22.6. The number of rotatable bonds is 6. The Morgan fingerprint density at radius 1 is 0.531 bits per heavy atom. The molecule has 0 saturated heterocycles. The van der Waals surface area contributed by atoms with Crippen LogP contribution < -0.4 is 4.90 Å². The number of allylic oxidation sites excluding steroid dienone is 2. The number of nitrogens with zero attached hydrogens (tertiary/aromatic N) is 1. The van der Waals surface area contributed by atoms with Crippen molar-refractivity contribution in [2.45, 2.75) is 44.4 Å². The van der Waals surface area contributed by atoms with E-state index in [-0.39, 0.29) is 11.3 Å². The Bertz CT molecular complexity index is 3560. The first-order chi connectivity index (χ1) is 31.5. The molecular weight excluding hydrogens is 779 g/mol. The molecule has 0 bridgehead atoms. The molecule has 0 N–H and O–H groups in total. The maximum Gasteiger partial charge on any atom is 0.136 e. The normalized spacial score (nSPS) is 15.6. The summed E-state index contributed by atoms with van der Waals surface area (Å²) in [4.78, 5) is 2.43. The molecule has 0 aliphatic heterocycles. The molecule has 2 aromatic heterocycles. The van der Waals surface area contributed by atoms with Crippen molar-refractivity contribution in [1.29, 1.82) is 0 Å².